The van der Waals surface area contributed by atoms with E-state index in [1.807, 2.05) is 42.5 Å². The molecule has 2 aliphatic rings. The molecule has 5 heteroatoms. The summed E-state index contributed by atoms with van der Waals surface area (Å²) in [5.41, 5.74) is 2.70. The highest BCUT2D eigenvalue weighted by Gasteiger charge is 2.26. The first-order valence-electron chi connectivity index (χ1n) is 10.8. The highest BCUT2D eigenvalue weighted by atomic mass is 79.9. The van der Waals surface area contributed by atoms with E-state index < -0.39 is 0 Å². The summed E-state index contributed by atoms with van der Waals surface area (Å²) < 4.78 is 1.00. The molecule has 0 saturated carbocycles. The molecular weight excluding hydrogens is 426 g/mol. The molecule has 2 aliphatic heterocycles. The lowest BCUT2D eigenvalue weighted by Gasteiger charge is -2.40. The Morgan fingerprint density at radius 3 is 2.34 bits per heavy atom. The van der Waals surface area contributed by atoms with Gasteiger partial charge >= 0.3 is 0 Å². The zero-order valence-electron chi connectivity index (χ0n) is 16.9. The Morgan fingerprint density at radius 1 is 0.931 bits per heavy atom. The van der Waals surface area contributed by atoms with Crippen LogP contribution in [0.15, 0.2) is 53.0 Å². The van der Waals surface area contributed by atoms with E-state index in [2.05, 4.69) is 37.1 Å². The third-order valence-corrected chi connectivity index (χ3v) is 6.75. The number of nitrogens with one attached hydrogen (secondary N) is 1. The monoisotopic (exact) mass is 455 g/mol. The third kappa shape index (κ3) is 5.47. The van der Waals surface area contributed by atoms with Crippen LogP contribution in [-0.4, -0.2) is 47.9 Å². The average Bonchev–Trinajstić information content (AvgIpc) is 2.77. The van der Waals surface area contributed by atoms with Crippen LogP contribution in [0.5, 0.6) is 0 Å². The smallest absolute Gasteiger partial charge is 0.255 e. The number of piperidine rings is 2. The molecule has 0 spiro atoms. The van der Waals surface area contributed by atoms with E-state index in [1.165, 1.54) is 45.2 Å². The van der Waals surface area contributed by atoms with Gasteiger partial charge in [-0.15, -0.1) is 0 Å². The first-order chi connectivity index (χ1) is 14.2. The van der Waals surface area contributed by atoms with Gasteiger partial charge in [-0.05, 0) is 87.8 Å². The molecule has 0 atom stereocenters. The number of benzene rings is 2. The molecular formula is C24H30BrN3O. The minimum Gasteiger partial charge on any atom is -0.322 e. The summed E-state index contributed by atoms with van der Waals surface area (Å²) in [5.74, 6) is -0.0360. The lowest BCUT2D eigenvalue weighted by atomic mass is 9.98. The van der Waals surface area contributed by atoms with Gasteiger partial charge in [-0.2, -0.15) is 0 Å². The molecule has 2 aromatic carbocycles. The molecule has 0 aromatic heterocycles. The van der Waals surface area contributed by atoms with Gasteiger partial charge in [-0.25, -0.2) is 0 Å². The molecule has 4 rings (SSSR count). The molecule has 2 aromatic rings. The van der Waals surface area contributed by atoms with E-state index >= 15 is 0 Å². The highest BCUT2D eigenvalue weighted by molar-refractivity contribution is 9.10. The topological polar surface area (TPSA) is 35.6 Å². The van der Waals surface area contributed by atoms with Crippen molar-refractivity contribution >= 4 is 27.5 Å². The van der Waals surface area contributed by atoms with E-state index in [1.54, 1.807) is 0 Å². The maximum atomic E-state index is 12.9. The fraction of sp³-hybridized carbons (Fsp3) is 0.458. The molecule has 0 bridgehead atoms. The number of amides is 1. The first-order valence-corrected chi connectivity index (χ1v) is 11.6. The van der Waals surface area contributed by atoms with Crippen LogP contribution in [0.4, 0.5) is 5.69 Å². The van der Waals surface area contributed by atoms with Gasteiger partial charge in [0.15, 0.2) is 0 Å². The zero-order chi connectivity index (χ0) is 20.1. The predicted octanol–water partition coefficient (Wildman–Crippen LogP) is 5.15. The number of nitrogens with zero attached hydrogens (tertiary/aromatic N) is 2. The van der Waals surface area contributed by atoms with Crippen LogP contribution >= 0.6 is 15.9 Å². The lowest BCUT2D eigenvalue weighted by molar-refractivity contribution is 0.0891. The Kier molecular flexibility index (Phi) is 7.01. The van der Waals surface area contributed by atoms with Crippen molar-refractivity contribution in [2.45, 2.75) is 44.7 Å². The van der Waals surface area contributed by atoms with Crippen LogP contribution in [0, 0.1) is 0 Å². The zero-order valence-corrected chi connectivity index (χ0v) is 18.5. The van der Waals surface area contributed by atoms with Gasteiger partial charge in [0.25, 0.3) is 5.91 Å². The summed E-state index contributed by atoms with van der Waals surface area (Å²) in [5, 5.41) is 3.03. The normalized spacial score (nSPS) is 19.2. The second-order valence-corrected chi connectivity index (χ2v) is 9.14. The van der Waals surface area contributed by atoms with Gasteiger partial charge in [0, 0.05) is 28.3 Å². The average molecular weight is 456 g/mol. The summed E-state index contributed by atoms with van der Waals surface area (Å²) in [6.07, 6.45) is 6.61. The number of carbonyl (C=O) groups is 1. The lowest BCUT2D eigenvalue weighted by Crippen LogP contribution is -2.46. The third-order valence-electron chi connectivity index (χ3n) is 6.22. The fourth-order valence-corrected chi connectivity index (χ4v) is 4.84. The van der Waals surface area contributed by atoms with E-state index in [-0.39, 0.29) is 5.91 Å². The number of hydrogen-bond acceptors (Lipinski definition) is 3. The summed E-state index contributed by atoms with van der Waals surface area (Å²) >= 11 is 3.43. The summed E-state index contributed by atoms with van der Waals surface area (Å²) in [6, 6.07) is 16.5. The fourth-order valence-electron chi connectivity index (χ4n) is 4.58. The van der Waals surface area contributed by atoms with Gasteiger partial charge in [0.1, 0.15) is 0 Å². The van der Waals surface area contributed by atoms with Crippen LogP contribution in [0.1, 0.15) is 48.0 Å². The Balaban J connectivity index is 1.36. The highest BCUT2D eigenvalue weighted by Crippen LogP contribution is 2.23. The number of hydrogen-bond donors (Lipinski definition) is 1. The Labute approximate surface area is 182 Å². The van der Waals surface area contributed by atoms with Crippen molar-refractivity contribution < 1.29 is 4.79 Å². The molecule has 4 nitrogen and oxygen atoms in total. The standard InChI is InChI=1S/C24H30BrN3O/c25-20-8-10-21(11-9-20)26-24(29)23-7-3-2-6-19(23)18-27-16-12-22(13-17-27)28-14-4-1-5-15-28/h2-3,6-11,22H,1,4-5,12-18H2,(H,26,29). The second kappa shape index (κ2) is 9.88. The van der Waals surface area contributed by atoms with Crippen molar-refractivity contribution in [2.24, 2.45) is 0 Å². The maximum Gasteiger partial charge on any atom is 0.255 e. The van der Waals surface area contributed by atoms with Crippen LogP contribution in [0.2, 0.25) is 0 Å². The summed E-state index contributed by atoms with van der Waals surface area (Å²) in [4.78, 5) is 18.1. The van der Waals surface area contributed by atoms with E-state index in [9.17, 15) is 4.79 Å². The molecule has 0 radical (unpaired) electrons. The SMILES string of the molecule is O=C(Nc1ccc(Br)cc1)c1ccccc1CN1CCC(N2CCCCC2)CC1. The molecule has 0 unspecified atom stereocenters. The molecule has 2 heterocycles. The minimum absolute atomic E-state index is 0.0360. The van der Waals surface area contributed by atoms with Crippen molar-refractivity contribution in [2.75, 3.05) is 31.5 Å². The Bertz CT molecular complexity index is 809. The molecule has 154 valence electrons. The second-order valence-electron chi connectivity index (χ2n) is 8.22. The molecule has 29 heavy (non-hydrogen) atoms. The molecule has 1 N–H and O–H groups in total. The van der Waals surface area contributed by atoms with Crippen molar-refractivity contribution in [1.29, 1.82) is 0 Å². The quantitative estimate of drug-likeness (QED) is 0.676. The first kappa shape index (κ1) is 20.6. The molecule has 0 aliphatic carbocycles. The summed E-state index contributed by atoms with van der Waals surface area (Å²) in [7, 11) is 0. The maximum absolute atomic E-state index is 12.9. The van der Waals surface area contributed by atoms with Crippen LogP contribution in [-0.2, 0) is 6.54 Å². The number of likely N-dealkylation sites (tertiary alicyclic amines) is 2. The van der Waals surface area contributed by atoms with Gasteiger partial charge in [0.05, 0.1) is 0 Å². The predicted molar refractivity (Wildman–Crippen MR) is 122 cm³/mol. The number of rotatable bonds is 5. The number of carbonyl (C=O) groups excluding carboxylic acids is 1. The number of halogens is 1. The van der Waals surface area contributed by atoms with Crippen LogP contribution < -0.4 is 5.32 Å². The van der Waals surface area contributed by atoms with E-state index in [0.717, 1.165) is 47.0 Å². The van der Waals surface area contributed by atoms with Crippen molar-refractivity contribution in [3.63, 3.8) is 0 Å². The van der Waals surface area contributed by atoms with Gasteiger partial charge < -0.3 is 10.2 Å². The molecule has 2 saturated heterocycles. The van der Waals surface area contributed by atoms with Crippen molar-refractivity contribution in [3.8, 4) is 0 Å². The van der Waals surface area contributed by atoms with E-state index in [4.69, 9.17) is 0 Å². The molecule has 1 amide bonds. The van der Waals surface area contributed by atoms with Gasteiger partial charge in [-0.1, -0.05) is 40.5 Å². The summed E-state index contributed by atoms with van der Waals surface area (Å²) in [6.45, 7) is 5.64. The van der Waals surface area contributed by atoms with Crippen LogP contribution in [0.3, 0.4) is 0 Å². The van der Waals surface area contributed by atoms with Gasteiger partial charge in [0.2, 0.25) is 0 Å². The minimum atomic E-state index is -0.0360. The molecule has 2 fully saturated rings. The van der Waals surface area contributed by atoms with Crippen molar-refractivity contribution in [3.05, 3.63) is 64.1 Å². The Hall–Kier alpha value is -1.69. The Morgan fingerprint density at radius 2 is 1.62 bits per heavy atom. The van der Waals surface area contributed by atoms with Crippen molar-refractivity contribution in [1.82, 2.24) is 9.80 Å². The largest absolute Gasteiger partial charge is 0.322 e. The van der Waals surface area contributed by atoms with Crippen LogP contribution in [0.25, 0.3) is 0 Å². The van der Waals surface area contributed by atoms with E-state index in [0.29, 0.717) is 0 Å². The van der Waals surface area contributed by atoms with Gasteiger partial charge in [-0.3, -0.25) is 9.69 Å². The number of anilines is 1.